The predicted octanol–water partition coefficient (Wildman–Crippen LogP) is 1.16. The Hall–Kier alpha value is -2.08. The van der Waals surface area contributed by atoms with Crippen LogP contribution < -0.4 is 10.1 Å². The Kier molecular flexibility index (Phi) is 5.16. The summed E-state index contributed by atoms with van der Waals surface area (Å²) in [5.41, 5.74) is 0.803. The predicted molar refractivity (Wildman–Crippen MR) is 75.4 cm³/mol. The van der Waals surface area contributed by atoms with Crippen LogP contribution in [0.1, 0.15) is 24.3 Å². The number of amides is 1. The molecule has 6 heteroatoms. The fourth-order valence-corrected chi connectivity index (χ4v) is 2.38. The second kappa shape index (κ2) is 7.08. The monoisotopic (exact) mass is 293 g/mol. The van der Waals surface area contributed by atoms with Crippen LogP contribution in [0.5, 0.6) is 5.75 Å². The number of carboxylic acids is 1. The number of para-hydroxylation sites is 1. The molecule has 0 saturated carbocycles. The van der Waals surface area contributed by atoms with Gasteiger partial charge >= 0.3 is 5.97 Å². The molecule has 1 aromatic carbocycles. The van der Waals surface area contributed by atoms with Gasteiger partial charge in [-0.25, -0.2) is 4.79 Å². The molecule has 2 N–H and O–H groups in total. The van der Waals surface area contributed by atoms with Gasteiger partial charge in [-0.3, -0.25) is 4.79 Å². The first-order chi connectivity index (χ1) is 10.1. The maximum absolute atomic E-state index is 12.4. The molecule has 2 atom stereocenters. The Morgan fingerprint density at radius 2 is 2.24 bits per heavy atom. The number of carboxylic acid groups (broad SMARTS) is 1. The zero-order valence-corrected chi connectivity index (χ0v) is 11.9. The Balaban J connectivity index is 2.08. The zero-order valence-electron chi connectivity index (χ0n) is 11.9. The smallest absolute Gasteiger partial charge is 0.326 e. The zero-order chi connectivity index (χ0) is 15.2. The third-order valence-electron chi connectivity index (χ3n) is 3.50. The van der Waals surface area contributed by atoms with Crippen LogP contribution in [0.3, 0.4) is 0 Å². The van der Waals surface area contributed by atoms with Gasteiger partial charge in [0.15, 0.2) is 0 Å². The summed E-state index contributed by atoms with van der Waals surface area (Å²) in [6, 6.07) is 6.40. The summed E-state index contributed by atoms with van der Waals surface area (Å²) in [4.78, 5) is 23.5. The van der Waals surface area contributed by atoms with E-state index in [1.54, 1.807) is 0 Å². The van der Waals surface area contributed by atoms with Crippen LogP contribution >= 0.6 is 0 Å². The van der Waals surface area contributed by atoms with Crippen molar-refractivity contribution in [2.45, 2.75) is 24.8 Å². The molecule has 1 aromatic rings. The van der Waals surface area contributed by atoms with E-state index in [1.807, 2.05) is 24.3 Å². The number of fused-ring (bicyclic) bond motifs is 1. The van der Waals surface area contributed by atoms with Crippen molar-refractivity contribution in [2.75, 3.05) is 20.3 Å². The lowest BCUT2D eigenvalue weighted by molar-refractivity contribution is -0.142. The summed E-state index contributed by atoms with van der Waals surface area (Å²) in [5.74, 6) is -1.03. The van der Waals surface area contributed by atoms with E-state index >= 15 is 0 Å². The van der Waals surface area contributed by atoms with Crippen LogP contribution in [0.15, 0.2) is 24.3 Å². The summed E-state index contributed by atoms with van der Waals surface area (Å²) in [7, 11) is 1.50. The van der Waals surface area contributed by atoms with Crippen LogP contribution in [0.4, 0.5) is 0 Å². The topological polar surface area (TPSA) is 84.9 Å². The van der Waals surface area contributed by atoms with Gasteiger partial charge in [-0.05, 0) is 12.5 Å². The number of hydrogen-bond donors (Lipinski definition) is 2. The van der Waals surface area contributed by atoms with E-state index in [4.69, 9.17) is 14.6 Å². The molecule has 0 bridgehead atoms. The van der Waals surface area contributed by atoms with Crippen molar-refractivity contribution < 1.29 is 24.2 Å². The van der Waals surface area contributed by atoms with Gasteiger partial charge in [0.1, 0.15) is 11.8 Å². The van der Waals surface area contributed by atoms with Gasteiger partial charge in [-0.1, -0.05) is 18.2 Å². The molecular formula is C15H19NO5. The van der Waals surface area contributed by atoms with Crippen LogP contribution in [-0.4, -0.2) is 43.3 Å². The Bertz CT molecular complexity index is 517. The third-order valence-corrected chi connectivity index (χ3v) is 3.50. The van der Waals surface area contributed by atoms with E-state index in [-0.39, 0.29) is 24.9 Å². The average molecular weight is 293 g/mol. The van der Waals surface area contributed by atoms with Gasteiger partial charge in [0.05, 0.1) is 12.5 Å². The fraction of sp³-hybridized carbons (Fsp3) is 0.467. The third kappa shape index (κ3) is 3.72. The Labute approximate surface area is 123 Å². The molecule has 2 rings (SSSR count). The van der Waals surface area contributed by atoms with E-state index in [1.165, 1.54) is 7.11 Å². The van der Waals surface area contributed by atoms with Crippen molar-refractivity contribution in [1.29, 1.82) is 0 Å². The van der Waals surface area contributed by atoms with Gasteiger partial charge < -0.3 is 19.9 Å². The van der Waals surface area contributed by atoms with Crippen LogP contribution in [-0.2, 0) is 14.3 Å². The first-order valence-corrected chi connectivity index (χ1v) is 6.87. The number of benzene rings is 1. The lowest BCUT2D eigenvalue weighted by Crippen LogP contribution is -2.44. The van der Waals surface area contributed by atoms with E-state index in [0.717, 1.165) is 5.56 Å². The molecular weight excluding hydrogens is 274 g/mol. The minimum Gasteiger partial charge on any atom is -0.493 e. The highest BCUT2D eigenvalue weighted by atomic mass is 16.5. The lowest BCUT2D eigenvalue weighted by Gasteiger charge is -2.26. The van der Waals surface area contributed by atoms with E-state index in [0.29, 0.717) is 18.8 Å². The van der Waals surface area contributed by atoms with Crippen molar-refractivity contribution in [3.63, 3.8) is 0 Å². The number of carbonyl (C=O) groups excluding carboxylic acids is 1. The molecule has 0 spiro atoms. The van der Waals surface area contributed by atoms with E-state index < -0.39 is 12.0 Å². The summed E-state index contributed by atoms with van der Waals surface area (Å²) in [6.07, 6.45) is 0.780. The average Bonchev–Trinajstić information content (AvgIpc) is 2.50. The minimum atomic E-state index is -1.05. The standard InChI is InChI=1S/C15H19NO5/c1-20-8-7-12(15(18)19)16-14(17)11-6-9-21-13-5-3-2-4-10(11)13/h2-5,11-12H,6-9H2,1H3,(H,16,17)(H,18,19)/t11-,12+/m1/s1. The largest absolute Gasteiger partial charge is 0.493 e. The molecule has 0 aromatic heterocycles. The summed E-state index contributed by atoms with van der Waals surface area (Å²) in [6.45, 7) is 0.729. The summed E-state index contributed by atoms with van der Waals surface area (Å²) in [5, 5.41) is 11.7. The quantitative estimate of drug-likeness (QED) is 0.822. The second-order valence-electron chi connectivity index (χ2n) is 4.91. The van der Waals surface area contributed by atoms with Gasteiger partial charge in [-0.15, -0.1) is 0 Å². The Morgan fingerprint density at radius 3 is 2.95 bits per heavy atom. The normalized spacial score (nSPS) is 18.2. The van der Waals surface area contributed by atoms with Crippen molar-refractivity contribution in [3.8, 4) is 5.75 Å². The Morgan fingerprint density at radius 1 is 1.48 bits per heavy atom. The molecule has 1 aliphatic heterocycles. The molecule has 21 heavy (non-hydrogen) atoms. The maximum atomic E-state index is 12.4. The molecule has 1 amide bonds. The number of carbonyl (C=O) groups is 2. The van der Waals surface area contributed by atoms with Gasteiger partial charge in [0, 0.05) is 25.7 Å². The SMILES string of the molecule is COCC[C@H](NC(=O)[C@@H]1CCOc2ccccc21)C(=O)O. The first-order valence-electron chi connectivity index (χ1n) is 6.87. The number of rotatable bonds is 6. The molecule has 0 saturated heterocycles. The van der Waals surface area contributed by atoms with Crippen LogP contribution in [0.25, 0.3) is 0 Å². The number of ether oxygens (including phenoxy) is 2. The molecule has 0 radical (unpaired) electrons. The summed E-state index contributed by atoms with van der Waals surface area (Å²) >= 11 is 0. The van der Waals surface area contributed by atoms with Crippen molar-refractivity contribution in [2.24, 2.45) is 0 Å². The molecule has 6 nitrogen and oxygen atoms in total. The first kappa shape index (κ1) is 15.3. The second-order valence-corrected chi connectivity index (χ2v) is 4.91. The number of hydrogen-bond acceptors (Lipinski definition) is 4. The molecule has 0 aliphatic carbocycles. The molecule has 0 fully saturated rings. The molecule has 0 unspecified atom stereocenters. The highest BCUT2D eigenvalue weighted by Crippen LogP contribution is 2.33. The van der Waals surface area contributed by atoms with Crippen molar-refractivity contribution in [1.82, 2.24) is 5.32 Å². The highest BCUT2D eigenvalue weighted by molar-refractivity contribution is 5.88. The van der Waals surface area contributed by atoms with E-state index in [2.05, 4.69) is 5.32 Å². The van der Waals surface area contributed by atoms with Crippen molar-refractivity contribution >= 4 is 11.9 Å². The number of nitrogens with one attached hydrogen (secondary N) is 1. The van der Waals surface area contributed by atoms with Gasteiger partial charge in [0.2, 0.25) is 5.91 Å². The molecule has 1 heterocycles. The van der Waals surface area contributed by atoms with Gasteiger partial charge in [-0.2, -0.15) is 0 Å². The fourth-order valence-electron chi connectivity index (χ4n) is 2.38. The highest BCUT2D eigenvalue weighted by Gasteiger charge is 2.30. The lowest BCUT2D eigenvalue weighted by atomic mass is 9.92. The maximum Gasteiger partial charge on any atom is 0.326 e. The van der Waals surface area contributed by atoms with E-state index in [9.17, 15) is 9.59 Å². The summed E-state index contributed by atoms with van der Waals surface area (Å²) < 4.78 is 10.4. The molecule has 1 aliphatic rings. The number of aliphatic carboxylic acids is 1. The van der Waals surface area contributed by atoms with Gasteiger partial charge in [0.25, 0.3) is 0 Å². The number of methoxy groups -OCH3 is 1. The van der Waals surface area contributed by atoms with Crippen LogP contribution in [0, 0.1) is 0 Å². The minimum absolute atomic E-state index is 0.239. The molecule has 114 valence electrons. The van der Waals surface area contributed by atoms with Crippen LogP contribution in [0.2, 0.25) is 0 Å². The van der Waals surface area contributed by atoms with Crippen molar-refractivity contribution in [3.05, 3.63) is 29.8 Å².